The Kier molecular flexibility index (Phi) is 5.29. The van der Waals surface area contributed by atoms with Crippen molar-refractivity contribution >= 4 is 21.8 Å². The number of carbonyl (C=O) groups is 1. The first kappa shape index (κ1) is 14.0. The van der Waals surface area contributed by atoms with E-state index in [-0.39, 0.29) is 10.7 Å². The smallest absolute Gasteiger partial charge is 0.233 e. The largest absolute Gasteiger partial charge is 0.352 e. The summed E-state index contributed by atoms with van der Waals surface area (Å²) >= 11 is 3.33. The van der Waals surface area contributed by atoms with Gasteiger partial charge in [-0.3, -0.25) is 4.79 Å². The van der Waals surface area contributed by atoms with Crippen molar-refractivity contribution in [1.29, 1.82) is 0 Å². The lowest BCUT2D eigenvalue weighted by molar-refractivity contribution is -0.121. The molecular weight excluding hydrogens is 266 g/mol. The van der Waals surface area contributed by atoms with E-state index < -0.39 is 0 Å². The zero-order valence-corrected chi connectivity index (χ0v) is 12.4. The van der Waals surface area contributed by atoms with Crippen molar-refractivity contribution in [2.45, 2.75) is 57.8 Å². The van der Waals surface area contributed by atoms with Gasteiger partial charge in [-0.15, -0.1) is 0 Å². The van der Waals surface area contributed by atoms with Crippen LogP contribution < -0.4 is 5.32 Å². The van der Waals surface area contributed by atoms with Gasteiger partial charge < -0.3 is 5.32 Å². The van der Waals surface area contributed by atoms with E-state index in [4.69, 9.17) is 0 Å². The standard InChI is InChI=1S/C13H24BrNO/c1-8(2)11-6-5-9(3)7-12(11)15-13(16)10(4)14/h8-12H,5-7H2,1-4H3,(H,15,16). The summed E-state index contributed by atoms with van der Waals surface area (Å²) in [6.07, 6.45) is 3.69. The molecule has 0 aliphatic heterocycles. The SMILES string of the molecule is CC1CCC(C(C)C)C(NC(=O)C(C)Br)C1. The molecule has 4 atom stereocenters. The van der Waals surface area contributed by atoms with Crippen molar-refractivity contribution in [3.63, 3.8) is 0 Å². The molecule has 0 bridgehead atoms. The molecule has 1 saturated carbocycles. The maximum atomic E-state index is 11.7. The molecule has 1 aliphatic carbocycles. The average molecular weight is 290 g/mol. The van der Waals surface area contributed by atoms with Gasteiger partial charge in [-0.1, -0.05) is 43.1 Å². The van der Waals surface area contributed by atoms with Crippen molar-refractivity contribution in [1.82, 2.24) is 5.32 Å². The van der Waals surface area contributed by atoms with E-state index in [1.54, 1.807) is 0 Å². The molecule has 3 heteroatoms. The van der Waals surface area contributed by atoms with Crippen LogP contribution in [0.15, 0.2) is 0 Å². The first-order valence-corrected chi connectivity index (χ1v) is 7.27. The highest BCUT2D eigenvalue weighted by Crippen LogP contribution is 2.33. The Labute approximate surface area is 108 Å². The van der Waals surface area contributed by atoms with E-state index in [1.165, 1.54) is 12.8 Å². The summed E-state index contributed by atoms with van der Waals surface area (Å²) in [5, 5.41) is 3.19. The minimum Gasteiger partial charge on any atom is -0.352 e. The first-order valence-electron chi connectivity index (χ1n) is 6.36. The zero-order valence-electron chi connectivity index (χ0n) is 10.8. The van der Waals surface area contributed by atoms with Crippen LogP contribution >= 0.6 is 15.9 Å². The van der Waals surface area contributed by atoms with Gasteiger partial charge in [-0.25, -0.2) is 0 Å². The minimum absolute atomic E-state index is 0.0856. The summed E-state index contributed by atoms with van der Waals surface area (Å²) in [5.41, 5.74) is 0. The van der Waals surface area contributed by atoms with Gasteiger partial charge in [0.25, 0.3) is 0 Å². The fourth-order valence-corrected chi connectivity index (χ4v) is 2.80. The molecule has 94 valence electrons. The van der Waals surface area contributed by atoms with Gasteiger partial charge in [0.1, 0.15) is 0 Å². The molecule has 1 aliphatic rings. The number of rotatable bonds is 3. The normalized spacial score (nSPS) is 32.5. The third-order valence-electron chi connectivity index (χ3n) is 3.71. The van der Waals surface area contributed by atoms with Crippen molar-refractivity contribution in [2.75, 3.05) is 0 Å². The quantitative estimate of drug-likeness (QED) is 0.794. The molecule has 1 fully saturated rings. The molecule has 0 spiro atoms. The van der Waals surface area contributed by atoms with Crippen molar-refractivity contribution in [3.05, 3.63) is 0 Å². The minimum atomic E-state index is -0.0856. The Hall–Kier alpha value is -0.0500. The third-order valence-corrected chi connectivity index (χ3v) is 4.13. The molecule has 0 radical (unpaired) electrons. The number of amides is 1. The van der Waals surface area contributed by atoms with E-state index in [0.29, 0.717) is 17.9 Å². The van der Waals surface area contributed by atoms with E-state index in [9.17, 15) is 4.79 Å². The highest BCUT2D eigenvalue weighted by atomic mass is 79.9. The Morgan fingerprint density at radius 2 is 1.94 bits per heavy atom. The molecule has 1 amide bonds. The van der Waals surface area contributed by atoms with Gasteiger partial charge >= 0.3 is 0 Å². The summed E-state index contributed by atoms with van der Waals surface area (Å²) < 4.78 is 0. The van der Waals surface area contributed by atoms with Gasteiger partial charge in [-0.2, -0.15) is 0 Å². The molecule has 0 heterocycles. The maximum absolute atomic E-state index is 11.7. The van der Waals surface area contributed by atoms with E-state index >= 15 is 0 Å². The topological polar surface area (TPSA) is 29.1 Å². The molecule has 0 aromatic rings. The molecule has 4 unspecified atom stereocenters. The summed E-state index contributed by atoms with van der Waals surface area (Å²) in [6.45, 7) is 8.69. The van der Waals surface area contributed by atoms with Crippen LogP contribution in [0.4, 0.5) is 0 Å². The fraction of sp³-hybridized carbons (Fsp3) is 0.923. The number of carbonyl (C=O) groups excluding carboxylic acids is 1. The second-order valence-electron chi connectivity index (χ2n) is 5.56. The van der Waals surface area contributed by atoms with Crippen LogP contribution in [0.1, 0.15) is 47.0 Å². The van der Waals surface area contributed by atoms with Gasteiger partial charge in [0.15, 0.2) is 0 Å². The van der Waals surface area contributed by atoms with Gasteiger partial charge in [-0.05, 0) is 37.5 Å². The number of hydrogen-bond acceptors (Lipinski definition) is 1. The molecule has 16 heavy (non-hydrogen) atoms. The Morgan fingerprint density at radius 1 is 1.31 bits per heavy atom. The third kappa shape index (κ3) is 3.76. The number of hydrogen-bond donors (Lipinski definition) is 1. The monoisotopic (exact) mass is 289 g/mol. The maximum Gasteiger partial charge on any atom is 0.233 e. The highest BCUT2D eigenvalue weighted by Gasteiger charge is 2.32. The summed E-state index contributed by atoms with van der Waals surface area (Å²) in [4.78, 5) is 11.6. The lowest BCUT2D eigenvalue weighted by Crippen LogP contribution is -2.47. The second-order valence-corrected chi connectivity index (χ2v) is 6.93. The van der Waals surface area contributed by atoms with Gasteiger partial charge in [0.05, 0.1) is 4.83 Å². The predicted octanol–water partition coefficient (Wildman–Crippen LogP) is 3.35. The molecule has 2 nitrogen and oxygen atoms in total. The lowest BCUT2D eigenvalue weighted by atomic mass is 9.74. The Balaban J connectivity index is 2.61. The van der Waals surface area contributed by atoms with Gasteiger partial charge in [0, 0.05) is 6.04 Å². The van der Waals surface area contributed by atoms with Crippen LogP contribution in [0.2, 0.25) is 0 Å². The lowest BCUT2D eigenvalue weighted by Gasteiger charge is -2.38. The summed E-state index contributed by atoms with van der Waals surface area (Å²) in [6, 6.07) is 0.372. The van der Waals surface area contributed by atoms with Crippen LogP contribution in [0.3, 0.4) is 0 Å². The molecule has 0 aromatic carbocycles. The summed E-state index contributed by atoms with van der Waals surface area (Å²) in [5.74, 6) is 2.17. The number of halogens is 1. The van der Waals surface area contributed by atoms with Crippen molar-refractivity contribution in [2.24, 2.45) is 17.8 Å². The molecular formula is C13H24BrNO. The highest BCUT2D eigenvalue weighted by molar-refractivity contribution is 9.10. The number of nitrogens with one attached hydrogen (secondary N) is 1. The van der Waals surface area contributed by atoms with Gasteiger partial charge in [0.2, 0.25) is 5.91 Å². The predicted molar refractivity (Wildman–Crippen MR) is 71.7 cm³/mol. The van der Waals surface area contributed by atoms with Crippen LogP contribution in [0.25, 0.3) is 0 Å². The van der Waals surface area contributed by atoms with E-state index in [1.807, 2.05) is 6.92 Å². The molecule has 0 aromatic heterocycles. The van der Waals surface area contributed by atoms with Crippen molar-refractivity contribution in [3.8, 4) is 0 Å². The van der Waals surface area contributed by atoms with Crippen LogP contribution in [-0.4, -0.2) is 16.8 Å². The van der Waals surface area contributed by atoms with Crippen LogP contribution in [0, 0.1) is 17.8 Å². The number of alkyl halides is 1. The molecule has 0 saturated heterocycles. The van der Waals surface area contributed by atoms with E-state index in [0.717, 1.165) is 12.3 Å². The molecule has 1 rings (SSSR count). The zero-order chi connectivity index (χ0) is 12.3. The first-order chi connectivity index (χ1) is 7.41. The summed E-state index contributed by atoms with van der Waals surface area (Å²) in [7, 11) is 0. The van der Waals surface area contributed by atoms with Crippen LogP contribution in [0.5, 0.6) is 0 Å². The fourth-order valence-electron chi connectivity index (χ4n) is 2.67. The molecule has 1 N–H and O–H groups in total. The average Bonchev–Trinajstić information content (AvgIpc) is 2.16. The van der Waals surface area contributed by atoms with Crippen LogP contribution in [-0.2, 0) is 4.79 Å². The van der Waals surface area contributed by atoms with Crippen molar-refractivity contribution < 1.29 is 4.79 Å². The van der Waals surface area contributed by atoms with E-state index in [2.05, 4.69) is 42.0 Å². The Morgan fingerprint density at radius 3 is 2.44 bits per heavy atom. The Bertz CT molecular complexity index is 240. The second kappa shape index (κ2) is 6.04.